The third-order valence-electron chi connectivity index (χ3n) is 3.30. The van der Waals surface area contributed by atoms with Gasteiger partial charge in [0, 0.05) is 18.6 Å². The molecule has 4 unspecified atom stereocenters. The zero-order valence-electron chi connectivity index (χ0n) is 9.48. The number of fused-ring (bicyclic) bond motifs is 1. The van der Waals surface area contributed by atoms with Crippen molar-refractivity contribution in [3.63, 3.8) is 0 Å². The smallest absolute Gasteiger partial charge is 0.0966 e. The monoisotopic (exact) mass is 201 g/mol. The van der Waals surface area contributed by atoms with Crippen LogP contribution < -0.4 is 0 Å². The second-order valence-electron chi connectivity index (χ2n) is 4.10. The number of aliphatic hydroxyl groups is 2. The Balaban J connectivity index is 0.000000461. The number of aliphatic hydroxyl groups excluding tert-OH is 2. The highest BCUT2D eigenvalue weighted by Gasteiger charge is 2.43. The molecule has 2 heterocycles. The number of nitrogens with zero attached hydrogens (tertiary/aromatic N) is 1. The molecule has 14 heavy (non-hydrogen) atoms. The van der Waals surface area contributed by atoms with E-state index in [1.54, 1.807) is 0 Å². The highest BCUT2D eigenvalue weighted by Crippen LogP contribution is 2.31. The van der Waals surface area contributed by atoms with Gasteiger partial charge < -0.3 is 10.2 Å². The van der Waals surface area contributed by atoms with Gasteiger partial charge in [0.25, 0.3) is 0 Å². The van der Waals surface area contributed by atoms with E-state index in [4.69, 9.17) is 0 Å². The number of hydrogen-bond acceptors (Lipinski definition) is 3. The Hall–Kier alpha value is -0.120. The molecule has 0 spiro atoms. The van der Waals surface area contributed by atoms with Gasteiger partial charge in [0.05, 0.1) is 12.2 Å². The summed E-state index contributed by atoms with van der Waals surface area (Å²) >= 11 is 0. The van der Waals surface area contributed by atoms with Crippen molar-refractivity contribution >= 4 is 0 Å². The Morgan fingerprint density at radius 2 is 1.79 bits per heavy atom. The van der Waals surface area contributed by atoms with Crippen LogP contribution in [0.25, 0.3) is 0 Å². The maximum absolute atomic E-state index is 9.62. The summed E-state index contributed by atoms with van der Waals surface area (Å²) in [6, 6.07) is 0.763. The second kappa shape index (κ2) is 5.10. The zero-order valence-corrected chi connectivity index (χ0v) is 9.48. The maximum atomic E-state index is 9.62. The van der Waals surface area contributed by atoms with Crippen molar-refractivity contribution in [3.8, 4) is 0 Å². The van der Waals surface area contributed by atoms with Crippen LogP contribution in [0.15, 0.2) is 0 Å². The Morgan fingerprint density at radius 1 is 1.14 bits per heavy atom. The first kappa shape index (κ1) is 12.0. The van der Waals surface area contributed by atoms with E-state index in [2.05, 4.69) is 11.8 Å². The highest BCUT2D eigenvalue weighted by atomic mass is 16.3. The molecule has 2 rings (SSSR count). The lowest BCUT2D eigenvalue weighted by atomic mass is 9.96. The van der Waals surface area contributed by atoms with Crippen LogP contribution in [0, 0.1) is 0 Å². The minimum Gasteiger partial charge on any atom is -0.389 e. The molecule has 84 valence electrons. The summed E-state index contributed by atoms with van der Waals surface area (Å²) in [6.07, 6.45) is 2.41. The fourth-order valence-corrected chi connectivity index (χ4v) is 2.54. The molecule has 0 radical (unpaired) electrons. The van der Waals surface area contributed by atoms with Crippen LogP contribution >= 0.6 is 0 Å². The minimum atomic E-state index is -0.518. The van der Waals surface area contributed by atoms with E-state index in [1.165, 1.54) is 12.8 Å². The summed E-state index contributed by atoms with van der Waals surface area (Å²) in [5.74, 6) is 0. The first-order chi connectivity index (χ1) is 6.70. The van der Waals surface area contributed by atoms with E-state index in [0.717, 1.165) is 6.42 Å². The molecule has 2 N–H and O–H groups in total. The molecule has 0 aliphatic carbocycles. The van der Waals surface area contributed by atoms with Crippen molar-refractivity contribution in [1.29, 1.82) is 0 Å². The van der Waals surface area contributed by atoms with Crippen LogP contribution in [0.2, 0.25) is 0 Å². The van der Waals surface area contributed by atoms with Crippen molar-refractivity contribution in [2.45, 2.75) is 64.3 Å². The normalized spacial score (nSPS) is 42.6. The average Bonchev–Trinajstić information content (AvgIpc) is 2.50. The molecular formula is C11H23NO2. The molecular weight excluding hydrogens is 178 g/mol. The molecule has 0 bridgehead atoms. The van der Waals surface area contributed by atoms with Crippen molar-refractivity contribution in [2.75, 3.05) is 6.54 Å². The SMILES string of the molecule is CC.CC1CCCC2C(O)C(O)CN12. The van der Waals surface area contributed by atoms with Crippen LogP contribution in [0.4, 0.5) is 0 Å². The van der Waals surface area contributed by atoms with E-state index in [1.807, 2.05) is 13.8 Å². The summed E-state index contributed by atoms with van der Waals surface area (Å²) < 4.78 is 0. The molecule has 0 aromatic rings. The van der Waals surface area contributed by atoms with E-state index in [9.17, 15) is 10.2 Å². The fourth-order valence-electron chi connectivity index (χ4n) is 2.54. The van der Waals surface area contributed by atoms with E-state index < -0.39 is 12.2 Å². The molecule has 2 saturated heterocycles. The Labute approximate surface area is 86.7 Å². The van der Waals surface area contributed by atoms with Gasteiger partial charge in [-0.3, -0.25) is 4.90 Å². The number of piperidine rings is 1. The quantitative estimate of drug-likeness (QED) is 0.614. The van der Waals surface area contributed by atoms with Gasteiger partial charge in [-0.1, -0.05) is 20.3 Å². The largest absolute Gasteiger partial charge is 0.389 e. The summed E-state index contributed by atoms with van der Waals surface area (Å²) in [7, 11) is 0. The topological polar surface area (TPSA) is 43.7 Å². The van der Waals surface area contributed by atoms with Crippen molar-refractivity contribution in [3.05, 3.63) is 0 Å². The lowest BCUT2D eigenvalue weighted by Crippen LogP contribution is -2.44. The minimum absolute atomic E-state index is 0.226. The van der Waals surface area contributed by atoms with Crippen molar-refractivity contribution < 1.29 is 10.2 Å². The van der Waals surface area contributed by atoms with Crippen LogP contribution in [0.1, 0.15) is 40.0 Å². The first-order valence-corrected chi connectivity index (χ1v) is 5.82. The molecule has 2 fully saturated rings. The maximum Gasteiger partial charge on any atom is 0.0966 e. The van der Waals surface area contributed by atoms with Crippen molar-refractivity contribution in [1.82, 2.24) is 4.90 Å². The molecule has 3 nitrogen and oxygen atoms in total. The van der Waals surface area contributed by atoms with Crippen molar-refractivity contribution in [2.24, 2.45) is 0 Å². The average molecular weight is 201 g/mol. The molecule has 0 amide bonds. The van der Waals surface area contributed by atoms with Gasteiger partial charge in [0.2, 0.25) is 0 Å². The summed E-state index contributed by atoms with van der Waals surface area (Å²) in [5, 5.41) is 19.1. The Bertz CT molecular complexity index is 175. The molecule has 0 saturated carbocycles. The Kier molecular flexibility index (Phi) is 4.35. The van der Waals surface area contributed by atoms with Gasteiger partial charge in [-0.05, 0) is 19.8 Å². The van der Waals surface area contributed by atoms with E-state index in [0.29, 0.717) is 12.6 Å². The third-order valence-corrected chi connectivity index (χ3v) is 3.30. The molecule has 0 aromatic carbocycles. The predicted molar refractivity (Wildman–Crippen MR) is 57.2 cm³/mol. The van der Waals surface area contributed by atoms with Crippen LogP contribution in [0.5, 0.6) is 0 Å². The van der Waals surface area contributed by atoms with Gasteiger partial charge in [0.1, 0.15) is 0 Å². The van der Waals surface area contributed by atoms with Gasteiger partial charge in [-0.2, -0.15) is 0 Å². The lowest BCUT2D eigenvalue weighted by Gasteiger charge is -2.35. The van der Waals surface area contributed by atoms with Crippen LogP contribution in [-0.2, 0) is 0 Å². The first-order valence-electron chi connectivity index (χ1n) is 5.82. The Morgan fingerprint density at radius 3 is 2.36 bits per heavy atom. The second-order valence-corrected chi connectivity index (χ2v) is 4.10. The van der Waals surface area contributed by atoms with E-state index >= 15 is 0 Å². The van der Waals surface area contributed by atoms with Gasteiger partial charge in [-0.25, -0.2) is 0 Å². The van der Waals surface area contributed by atoms with Crippen LogP contribution in [0.3, 0.4) is 0 Å². The fraction of sp³-hybridized carbons (Fsp3) is 1.00. The highest BCUT2D eigenvalue weighted by molar-refractivity contribution is 4.97. The summed E-state index contributed by atoms with van der Waals surface area (Å²) in [4.78, 5) is 2.25. The number of hydrogen-bond donors (Lipinski definition) is 2. The standard InChI is InChI=1S/C9H17NO2.C2H6/c1-6-3-2-4-7-9(12)8(11)5-10(6)7;1-2/h6-9,11-12H,2-5H2,1H3;1-2H3. The zero-order chi connectivity index (χ0) is 10.7. The van der Waals surface area contributed by atoms with Gasteiger partial charge in [0.15, 0.2) is 0 Å². The predicted octanol–water partition coefficient (Wildman–Crippen LogP) is 0.991. The molecule has 2 aliphatic heterocycles. The van der Waals surface area contributed by atoms with Gasteiger partial charge in [-0.15, -0.1) is 0 Å². The summed E-state index contributed by atoms with van der Waals surface area (Å²) in [5.41, 5.74) is 0. The lowest BCUT2D eigenvalue weighted by molar-refractivity contribution is 0.0264. The summed E-state index contributed by atoms with van der Waals surface area (Å²) in [6.45, 7) is 6.84. The number of rotatable bonds is 0. The van der Waals surface area contributed by atoms with E-state index in [-0.39, 0.29) is 6.04 Å². The molecule has 2 aliphatic rings. The van der Waals surface area contributed by atoms with Crippen LogP contribution in [-0.4, -0.2) is 45.9 Å². The molecule has 4 atom stereocenters. The third kappa shape index (κ3) is 2.10. The van der Waals surface area contributed by atoms with Gasteiger partial charge >= 0.3 is 0 Å². The molecule has 3 heteroatoms. The molecule has 0 aromatic heterocycles.